The number of likely N-dealkylation sites (N-methyl/N-ethyl adjacent to an activating group) is 1. The molecule has 0 bridgehead atoms. The molecule has 1 aromatic rings. The van der Waals surface area contributed by atoms with Crippen molar-refractivity contribution in [2.75, 3.05) is 24.3 Å². The molecule has 0 heterocycles. The van der Waals surface area contributed by atoms with Gasteiger partial charge in [-0.25, -0.2) is 4.79 Å². The highest BCUT2D eigenvalue weighted by molar-refractivity contribution is 5.98. The summed E-state index contributed by atoms with van der Waals surface area (Å²) in [6.07, 6.45) is 0. The first-order valence-corrected chi connectivity index (χ1v) is 6.15. The Bertz CT molecular complexity index is 520. The van der Waals surface area contributed by atoms with E-state index in [0.29, 0.717) is 5.69 Å². The molecule has 0 saturated carbocycles. The Morgan fingerprint density at radius 3 is 2.40 bits per heavy atom. The van der Waals surface area contributed by atoms with Crippen molar-refractivity contribution < 1.29 is 19.4 Å². The largest absolute Gasteiger partial charge is 0.478 e. The van der Waals surface area contributed by atoms with Gasteiger partial charge in [0, 0.05) is 7.05 Å². The number of rotatable bonds is 4. The Hall–Kier alpha value is -2.08. The number of anilines is 2. The maximum Gasteiger partial charge on any atom is 0.335 e. The van der Waals surface area contributed by atoms with E-state index in [1.54, 1.807) is 7.05 Å². The van der Waals surface area contributed by atoms with E-state index < -0.39 is 11.6 Å². The number of ether oxygens (including phenoxy) is 1. The highest BCUT2D eigenvalue weighted by atomic mass is 16.5. The number of benzene rings is 1. The number of nitrogen functional groups attached to an aromatic ring is 1. The first kappa shape index (κ1) is 16.0. The zero-order valence-electron chi connectivity index (χ0n) is 12.1. The third kappa shape index (κ3) is 4.24. The van der Waals surface area contributed by atoms with Gasteiger partial charge in [-0.1, -0.05) is 0 Å². The zero-order chi connectivity index (χ0) is 15.5. The number of carbonyl (C=O) groups is 2. The van der Waals surface area contributed by atoms with Crippen LogP contribution in [-0.2, 0) is 9.53 Å². The number of nitrogens with two attached hydrogens (primary N) is 1. The van der Waals surface area contributed by atoms with Crippen LogP contribution in [0, 0.1) is 0 Å². The molecule has 0 atom stereocenters. The Kier molecular flexibility index (Phi) is 4.73. The predicted octanol–water partition coefficient (Wildman–Crippen LogP) is 1.74. The van der Waals surface area contributed by atoms with Gasteiger partial charge in [-0.2, -0.15) is 0 Å². The summed E-state index contributed by atoms with van der Waals surface area (Å²) >= 11 is 0. The van der Waals surface area contributed by atoms with Gasteiger partial charge in [0.1, 0.15) is 6.61 Å². The van der Waals surface area contributed by atoms with E-state index in [2.05, 4.69) is 0 Å². The molecule has 0 aromatic heterocycles. The summed E-state index contributed by atoms with van der Waals surface area (Å²) < 4.78 is 5.41. The first-order chi connectivity index (χ1) is 9.11. The van der Waals surface area contributed by atoms with Gasteiger partial charge in [0.15, 0.2) is 0 Å². The van der Waals surface area contributed by atoms with Crippen molar-refractivity contribution in [3.05, 3.63) is 23.8 Å². The summed E-state index contributed by atoms with van der Waals surface area (Å²) in [6.45, 7) is 5.50. The zero-order valence-corrected chi connectivity index (χ0v) is 12.1. The number of aromatic carboxylic acids is 1. The number of hydrogen-bond donors (Lipinski definition) is 2. The minimum absolute atomic E-state index is 0.0693. The van der Waals surface area contributed by atoms with Crippen LogP contribution in [0.2, 0.25) is 0 Å². The standard InChI is InChI=1S/C14H20N2O4/c1-14(2,3)20-8-12(17)16(4)11-6-5-9(13(18)19)7-10(11)15/h5-7H,8,15H2,1-4H3,(H,18,19). The van der Waals surface area contributed by atoms with Crippen LogP contribution in [0.4, 0.5) is 11.4 Å². The van der Waals surface area contributed by atoms with E-state index >= 15 is 0 Å². The molecule has 6 nitrogen and oxygen atoms in total. The highest BCUT2D eigenvalue weighted by Crippen LogP contribution is 2.23. The molecule has 110 valence electrons. The molecular weight excluding hydrogens is 260 g/mol. The summed E-state index contributed by atoms with van der Waals surface area (Å²) in [7, 11) is 1.57. The average Bonchev–Trinajstić information content (AvgIpc) is 2.34. The van der Waals surface area contributed by atoms with Crippen molar-refractivity contribution >= 4 is 23.3 Å². The second-order valence-corrected chi connectivity index (χ2v) is 5.43. The van der Waals surface area contributed by atoms with Crippen LogP contribution in [0.5, 0.6) is 0 Å². The predicted molar refractivity (Wildman–Crippen MR) is 76.9 cm³/mol. The van der Waals surface area contributed by atoms with E-state index in [-0.39, 0.29) is 23.8 Å². The maximum absolute atomic E-state index is 12.0. The number of hydrogen-bond acceptors (Lipinski definition) is 4. The van der Waals surface area contributed by atoms with Crippen LogP contribution < -0.4 is 10.6 Å². The van der Waals surface area contributed by atoms with Crippen molar-refractivity contribution in [1.82, 2.24) is 0 Å². The van der Waals surface area contributed by atoms with E-state index in [9.17, 15) is 9.59 Å². The van der Waals surface area contributed by atoms with Crippen molar-refractivity contribution in [2.45, 2.75) is 26.4 Å². The Morgan fingerprint density at radius 2 is 1.95 bits per heavy atom. The van der Waals surface area contributed by atoms with Crippen LogP contribution >= 0.6 is 0 Å². The van der Waals surface area contributed by atoms with Gasteiger partial charge in [-0.15, -0.1) is 0 Å². The lowest BCUT2D eigenvalue weighted by atomic mass is 10.1. The molecule has 0 saturated heterocycles. The second-order valence-electron chi connectivity index (χ2n) is 5.43. The molecule has 0 unspecified atom stereocenters. The van der Waals surface area contributed by atoms with Gasteiger partial charge >= 0.3 is 5.97 Å². The molecule has 0 aliphatic heterocycles. The van der Waals surface area contributed by atoms with E-state index in [1.807, 2.05) is 20.8 Å². The van der Waals surface area contributed by atoms with Crippen LogP contribution in [0.15, 0.2) is 18.2 Å². The molecule has 0 spiro atoms. The van der Waals surface area contributed by atoms with Gasteiger partial charge in [0.05, 0.1) is 22.5 Å². The van der Waals surface area contributed by atoms with Gasteiger partial charge in [0.2, 0.25) is 0 Å². The Morgan fingerprint density at radius 1 is 1.35 bits per heavy atom. The fourth-order valence-corrected chi connectivity index (χ4v) is 1.50. The minimum Gasteiger partial charge on any atom is -0.478 e. The summed E-state index contributed by atoms with van der Waals surface area (Å²) in [6, 6.07) is 4.24. The number of nitrogens with zero attached hydrogens (tertiary/aromatic N) is 1. The summed E-state index contributed by atoms with van der Waals surface area (Å²) in [5.41, 5.74) is 6.14. The van der Waals surface area contributed by atoms with Crippen LogP contribution in [0.3, 0.4) is 0 Å². The summed E-state index contributed by atoms with van der Waals surface area (Å²) in [5.74, 6) is -1.32. The monoisotopic (exact) mass is 280 g/mol. The minimum atomic E-state index is -1.06. The third-order valence-electron chi connectivity index (χ3n) is 2.64. The molecule has 0 aliphatic rings. The van der Waals surface area contributed by atoms with Gasteiger partial charge in [-0.05, 0) is 39.0 Å². The van der Waals surface area contributed by atoms with E-state index in [1.165, 1.54) is 23.1 Å². The normalized spacial score (nSPS) is 11.2. The molecular formula is C14H20N2O4. The van der Waals surface area contributed by atoms with Crippen molar-refractivity contribution in [3.63, 3.8) is 0 Å². The fraction of sp³-hybridized carbons (Fsp3) is 0.429. The molecule has 0 fully saturated rings. The van der Waals surface area contributed by atoms with Gasteiger partial charge < -0.3 is 20.5 Å². The third-order valence-corrected chi connectivity index (χ3v) is 2.64. The molecule has 1 aromatic carbocycles. The number of carboxylic acids is 1. The maximum atomic E-state index is 12.0. The Balaban J connectivity index is 2.84. The quantitative estimate of drug-likeness (QED) is 0.819. The molecule has 20 heavy (non-hydrogen) atoms. The SMILES string of the molecule is CN(C(=O)COC(C)(C)C)c1ccc(C(=O)O)cc1N. The van der Waals surface area contributed by atoms with Crippen LogP contribution in [-0.4, -0.2) is 36.2 Å². The molecule has 0 aliphatic carbocycles. The van der Waals surface area contributed by atoms with E-state index in [0.717, 1.165) is 0 Å². The molecule has 3 N–H and O–H groups in total. The van der Waals surface area contributed by atoms with Crippen LogP contribution in [0.25, 0.3) is 0 Å². The Labute approximate surface area is 118 Å². The number of carboxylic acid groups (broad SMARTS) is 1. The van der Waals surface area contributed by atoms with Gasteiger partial charge in [-0.3, -0.25) is 4.79 Å². The summed E-state index contributed by atoms with van der Waals surface area (Å²) in [5, 5.41) is 8.87. The van der Waals surface area contributed by atoms with Gasteiger partial charge in [0.25, 0.3) is 5.91 Å². The number of amides is 1. The first-order valence-electron chi connectivity index (χ1n) is 6.15. The van der Waals surface area contributed by atoms with Crippen molar-refractivity contribution in [1.29, 1.82) is 0 Å². The fourth-order valence-electron chi connectivity index (χ4n) is 1.50. The molecule has 1 rings (SSSR count). The molecule has 6 heteroatoms. The molecule has 1 amide bonds. The number of carbonyl (C=O) groups excluding carboxylic acids is 1. The smallest absolute Gasteiger partial charge is 0.335 e. The second kappa shape index (κ2) is 5.92. The average molecular weight is 280 g/mol. The highest BCUT2D eigenvalue weighted by Gasteiger charge is 2.18. The lowest BCUT2D eigenvalue weighted by Crippen LogP contribution is -2.34. The van der Waals surface area contributed by atoms with E-state index in [4.69, 9.17) is 15.6 Å². The van der Waals surface area contributed by atoms with Crippen molar-refractivity contribution in [3.8, 4) is 0 Å². The van der Waals surface area contributed by atoms with Crippen LogP contribution in [0.1, 0.15) is 31.1 Å². The summed E-state index contributed by atoms with van der Waals surface area (Å²) in [4.78, 5) is 24.2. The lowest BCUT2D eigenvalue weighted by Gasteiger charge is -2.23. The van der Waals surface area contributed by atoms with Crippen molar-refractivity contribution in [2.24, 2.45) is 0 Å². The molecule has 0 radical (unpaired) electrons. The topological polar surface area (TPSA) is 92.9 Å². The lowest BCUT2D eigenvalue weighted by molar-refractivity contribution is -0.127.